The van der Waals surface area contributed by atoms with Gasteiger partial charge in [0.2, 0.25) is 5.91 Å². The zero-order valence-corrected chi connectivity index (χ0v) is 13.9. The molecule has 2 unspecified atom stereocenters. The second-order valence-corrected chi connectivity index (χ2v) is 6.35. The van der Waals surface area contributed by atoms with Crippen LogP contribution in [0.2, 0.25) is 5.02 Å². The van der Waals surface area contributed by atoms with E-state index in [-0.39, 0.29) is 0 Å². The molecule has 0 radical (unpaired) electrons. The average Bonchev–Trinajstić information content (AvgIpc) is 2.34. The Morgan fingerprint density at radius 1 is 1.27 bits per heavy atom. The fourth-order valence-electron chi connectivity index (χ4n) is 1.77. The van der Waals surface area contributed by atoms with Crippen LogP contribution >= 0.6 is 11.6 Å². The van der Waals surface area contributed by atoms with E-state index in [9.17, 15) is 9.59 Å². The van der Waals surface area contributed by atoms with Gasteiger partial charge in [-0.2, -0.15) is 0 Å². The van der Waals surface area contributed by atoms with Gasteiger partial charge < -0.3 is 21.1 Å². The molecule has 0 saturated carbocycles. The molecule has 0 fully saturated rings. The molecule has 1 aromatic carbocycles. The Balaban J connectivity index is 2.77. The third-order valence-corrected chi connectivity index (χ3v) is 3.07. The number of hydrogen-bond acceptors (Lipinski definition) is 4. The molecule has 0 aliphatic carbocycles. The van der Waals surface area contributed by atoms with E-state index in [1.54, 1.807) is 52.0 Å². The highest BCUT2D eigenvalue weighted by atomic mass is 35.5. The number of nitrogens with two attached hydrogens (primary N) is 1. The largest absolute Gasteiger partial charge is 0.444 e. The standard InChI is InChI=1S/C15H22ClN3O3/c1-9(18-14(21)22-15(2,3)4)12(13(17)20)19-11-8-6-5-7-10(11)16/h5-9,12,19H,1-4H3,(H2,17,20)(H,18,21). The SMILES string of the molecule is CC(NC(=O)OC(C)(C)C)C(Nc1ccccc1Cl)C(N)=O. The maximum Gasteiger partial charge on any atom is 0.407 e. The van der Waals surface area contributed by atoms with Crippen LogP contribution in [0, 0.1) is 0 Å². The van der Waals surface area contributed by atoms with Gasteiger partial charge in [0.25, 0.3) is 0 Å². The molecule has 122 valence electrons. The Morgan fingerprint density at radius 2 is 1.86 bits per heavy atom. The number of benzene rings is 1. The number of carbonyl (C=O) groups is 2. The molecular weight excluding hydrogens is 306 g/mol. The van der Waals surface area contributed by atoms with Crippen molar-refractivity contribution in [2.24, 2.45) is 5.73 Å². The van der Waals surface area contributed by atoms with Crippen LogP contribution in [-0.4, -0.2) is 29.7 Å². The van der Waals surface area contributed by atoms with Gasteiger partial charge in [0.1, 0.15) is 11.6 Å². The van der Waals surface area contributed by atoms with Crippen molar-refractivity contribution in [3.63, 3.8) is 0 Å². The van der Waals surface area contributed by atoms with Crippen molar-refractivity contribution >= 4 is 29.3 Å². The van der Waals surface area contributed by atoms with E-state index in [1.807, 2.05) is 0 Å². The maximum absolute atomic E-state index is 11.8. The van der Waals surface area contributed by atoms with Gasteiger partial charge in [-0.25, -0.2) is 4.79 Å². The second kappa shape index (κ2) is 7.35. The van der Waals surface area contributed by atoms with Gasteiger partial charge in [-0.15, -0.1) is 0 Å². The molecule has 0 bridgehead atoms. The highest BCUT2D eigenvalue weighted by Gasteiger charge is 2.26. The van der Waals surface area contributed by atoms with Gasteiger partial charge >= 0.3 is 6.09 Å². The van der Waals surface area contributed by atoms with E-state index in [0.29, 0.717) is 10.7 Å². The van der Waals surface area contributed by atoms with Crippen molar-refractivity contribution in [2.75, 3.05) is 5.32 Å². The van der Waals surface area contributed by atoms with Gasteiger partial charge in [-0.1, -0.05) is 23.7 Å². The molecule has 2 amide bonds. The summed E-state index contributed by atoms with van der Waals surface area (Å²) in [5, 5.41) is 5.98. The lowest BCUT2D eigenvalue weighted by Crippen LogP contribution is -2.52. The van der Waals surface area contributed by atoms with Crippen LogP contribution in [0.25, 0.3) is 0 Å². The predicted molar refractivity (Wildman–Crippen MR) is 86.9 cm³/mol. The number of primary amides is 1. The molecule has 6 nitrogen and oxygen atoms in total. The lowest BCUT2D eigenvalue weighted by Gasteiger charge is -2.26. The van der Waals surface area contributed by atoms with Crippen molar-refractivity contribution in [3.8, 4) is 0 Å². The smallest absolute Gasteiger partial charge is 0.407 e. The highest BCUT2D eigenvalue weighted by Crippen LogP contribution is 2.21. The van der Waals surface area contributed by atoms with Crippen LogP contribution in [0.3, 0.4) is 0 Å². The lowest BCUT2D eigenvalue weighted by molar-refractivity contribution is -0.119. The number of anilines is 1. The first-order valence-corrected chi connectivity index (χ1v) is 7.28. The minimum Gasteiger partial charge on any atom is -0.444 e. The summed E-state index contributed by atoms with van der Waals surface area (Å²) in [6.45, 7) is 6.92. The zero-order valence-electron chi connectivity index (χ0n) is 13.1. The quantitative estimate of drug-likeness (QED) is 0.774. The van der Waals surface area contributed by atoms with E-state index in [0.717, 1.165) is 0 Å². The summed E-state index contributed by atoms with van der Waals surface area (Å²) < 4.78 is 5.16. The van der Waals surface area contributed by atoms with Crippen molar-refractivity contribution in [1.29, 1.82) is 0 Å². The van der Waals surface area contributed by atoms with Crippen LogP contribution in [0.1, 0.15) is 27.7 Å². The average molecular weight is 328 g/mol. The van der Waals surface area contributed by atoms with Crippen molar-refractivity contribution < 1.29 is 14.3 Å². The van der Waals surface area contributed by atoms with Crippen LogP contribution < -0.4 is 16.4 Å². The monoisotopic (exact) mass is 327 g/mol. The molecule has 1 rings (SSSR count). The summed E-state index contributed by atoms with van der Waals surface area (Å²) in [6, 6.07) is 5.55. The van der Waals surface area contributed by atoms with Crippen LogP contribution in [-0.2, 0) is 9.53 Å². The topological polar surface area (TPSA) is 93.4 Å². The van der Waals surface area contributed by atoms with E-state index in [2.05, 4.69) is 10.6 Å². The Morgan fingerprint density at radius 3 is 2.36 bits per heavy atom. The normalized spacial score (nSPS) is 13.9. The fourth-order valence-corrected chi connectivity index (χ4v) is 1.96. The number of amides is 2. The van der Waals surface area contributed by atoms with Gasteiger partial charge in [0, 0.05) is 0 Å². The molecule has 1 aromatic rings. The van der Waals surface area contributed by atoms with Gasteiger partial charge in [0.15, 0.2) is 0 Å². The van der Waals surface area contributed by atoms with E-state index in [4.69, 9.17) is 22.1 Å². The first-order chi connectivity index (χ1) is 10.1. The summed E-state index contributed by atoms with van der Waals surface area (Å²) in [5.41, 5.74) is 5.34. The van der Waals surface area contributed by atoms with Gasteiger partial charge in [-0.3, -0.25) is 4.79 Å². The summed E-state index contributed by atoms with van der Waals surface area (Å²) in [4.78, 5) is 23.4. The molecule has 7 heteroatoms. The third kappa shape index (κ3) is 5.81. The maximum atomic E-state index is 11.8. The minimum absolute atomic E-state index is 0.457. The summed E-state index contributed by atoms with van der Waals surface area (Å²) in [5.74, 6) is -0.608. The van der Waals surface area contributed by atoms with E-state index >= 15 is 0 Å². The third-order valence-electron chi connectivity index (χ3n) is 2.74. The Kier molecular flexibility index (Phi) is 6.05. The van der Waals surface area contributed by atoms with Crippen molar-refractivity contribution in [3.05, 3.63) is 29.3 Å². The summed E-state index contributed by atoms with van der Waals surface area (Å²) in [6.07, 6.45) is -0.618. The van der Waals surface area contributed by atoms with Crippen LogP contribution in [0.4, 0.5) is 10.5 Å². The summed E-state index contributed by atoms with van der Waals surface area (Å²) >= 11 is 6.04. The molecule has 0 aliphatic heterocycles. The molecular formula is C15H22ClN3O3. The van der Waals surface area contributed by atoms with Crippen LogP contribution in [0.15, 0.2) is 24.3 Å². The molecule has 0 saturated heterocycles. The number of halogens is 1. The second-order valence-electron chi connectivity index (χ2n) is 5.94. The first kappa shape index (κ1) is 18.1. The minimum atomic E-state index is -0.826. The van der Waals surface area contributed by atoms with E-state index < -0.39 is 29.7 Å². The van der Waals surface area contributed by atoms with Crippen LogP contribution in [0.5, 0.6) is 0 Å². The van der Waals surface area contributed by atoms with Gasteiger partial charge in [-0.05, 0) is 39.8 Å². The molecule has 0 aromatic heterocycles. The molecule has 0 spiro atoms. The Hall–Kier alpha value is -1.95. The Labute approximate surface area is 135 Å². The predicted octanol–water partition coefficient (Wildman–Crippen LogP) is 2.52. The number of hydrogen-bond donors (Lipinski definition) is 3. The van der Waals surface area contributed by atoms with Crippen molar-refractivity contribution in [2.45, 2.75) is 45.4 Å². The Bertz CT molecular complexity index is 543. The van der Waals surface area contributed by atoms with Crippen molar-refractivity contribution in [1.82, 2.24) is 5.32 Å². The number of carbonyl (C=O) groups excluding carboxylic acids is 2. The number of rotatable bonds is 5. The number of para-hydroxylation sites is 1. The number of nitrogens with one attached hydrogen (secondary N) is 2. The number of alkyl carbamates (subject to hydrolysis) is 1. The van der Waals surface area contributed by atoms with E-state index in [1.165, 1.54) is 0 Å². The molecule has 0 heterocycles. The first-order valence-electron chi connectivity index (χ1n) is 6.90. The summed E-state index contributed by atoms with van der Waals surface area (Å²) in [7, 11) is 0. The molecule has 22 heavy (non-hydrogen) atoms. The fraction of sp³-hybridized carbons (Fsp3) is 0.467. The number of ether oxygens (including phenoxy) is 1. The lowest BCUT2D eigenvalue weighted by atomic mass is 10.1. The molecule has 2 atom stereocenters. The molecule has 4 N–H and O–H groups in total. The zero-order chi connectivity index (χ0) is 16.9. The van der Waals surface area contributed by atoms with Gasteiger partial charge in [0.05, 0.1) is 16.8 Å². The molecule has 0 aliphatic rings. The highest BCUT2D eigenvalue weighted by molar-refractivity contribution is 6.33.